The molecule has 126 valence electrons. The van der Waals surface area contributed by atoms with Crippen LogP contribution < -0.4 is 4.90 Å². The molecule has 0 N–H and O–H groups in total. The summed E-state index contributed by atoms with van der Waals surface area (Å²) in [7, 11) is 0. The molecule has 8 heteroatoms. The largest absolute Gasteiger partial charge is 0.365 e. The number of carbonyl (C=O) groups is 1. The Morgan fingerprint density at radius 1 is 1.25 bits per heavy atom. The molecule has 0 spiro atoms. The van der Waals surface area contributed by atoms with Crippen molar-refractivity contribution in [1.82, 2.24) is 19.9 Å². The molecule has 0 bridgehead atoms. The molecule has 1 fully saturated rings. The average molecular weight is 333 g/mol. The van der Waals surface area contributed by atoms with Gasteiger partial charge >= 0.3 is 0 Å². The minimum Gasteiger partial charge on any atom is -0.365 e. The van der Waals surface area contributed by atoms with Gasteiger partial charge in [0.1, 0.15) is 17.7 Å². The van der Waals surface area contributed by atoms with Crippen LogP contribution in [0, 0.1) is 0 Å². The van der Waals surface area contributed by atoms with Crippen molar-refractivity contribution in [2.24, 2.45) is 0 Å². The van der Waals surface area contributed by atoms with Crippen LogP contribution in [0.3, 0.4) is 0 Å². The minimum atomic E-state index is -2.72. The highest BCUT2D eigenvalue weighted by atomic mass is 19.3. The summed E-state index contributed by atoms with van der Waals surface area (Å²) in [5, 5.41) is 0. The lowest BCUT2D eigenvalue weighted by Gasteiger charge is -2.41. The molecule has 1 amide bonds. The molecule has 1 atom stereocenters. The zero-order chi connectivity index (χ0) is 17.1. The van der Waals surface area contributed by atoms with Gasteiger partial charge in [-0.3, -0.25) is 9.78 Å². The van der Waals surface area contributed by atoms with Crippen molar-refractivity contribution in [2.45, 2.75) is 19.4 Å². The lowest BCUT2D eigenvalue weighted by atomic mass is 10.1. The van der Waals surface area contributed by atoms with Crippen LogP contribution in [-0.4, -0.2) is 51.4 Å². The molecular weight excluding hydrogens is 316 g/mol. The summed E-state index contributed by atoms with van der Waals surface area (Å²) < 4.78 is 25.5. The first-order valence-electron chi connectivity index (χ1n) is 7.62. The van der Waals surface area contributed by atoms with E-state index in [-0.39, 0.29) is 17.6 Å². The first-order valence-corrected chi connectivity index (χ1v) is 7.62. The van der Waals surface area contributed by atoms with Gasteiger partial charge in [0.15, 0.2) is 0 Å². The number of hydrogen-bond donors (Lipinski definition) is 0. The van der Waals surface area contributed by atoms with E-state index in [0.29, 0.717) is 19.6 Å². The number of halogens is 2. The molecule has 1 unspecified atom stereocenters. The van der Waals surface area contributed by atoms with Gasteiger partial charge in [-0.15, -0.1) is 0 Å². The Morgan fingerprint density at radius 2 is 2.00 bits per heavy atom. The lowest BCUT2D eigenvalue weighted by Crippen LogP contribution is -2.54. The predicted octanol–water partition coefficient (Wildman–Crippen LogP) is 2.16. The molecule has 0 aromatic carbocycles. The van der Waals surface area contributed by atoms with E-state index in [2.05, 4.69) is 19.9 Å². The van der Waals surface area contributed by atoms with Crippen molar-refractivity contribution in [3.05, 3.63) is 48.3 Å². The van der Waals surface area contributed by atoms with E-state index in [0.717, 1.165) is 18.1 Å². The summed E-state index contributed by atoms with van der Waals surface area (Å²) in [5.41, 5.74) is 0.619. The summed E-state index contributed by atoms with van der Waals surface area (Å²) >= 11 is 0. The van der Waals surface area contributed by atoms with Gasteiger partial charge in [-0.05, 0) is 25.1 Å². The monoisotopic (exact) mass is 333 g/mol. The second-order valence-corrected chi connectivity index (χ2v) is 5.63. The standard InChI is InChI=1S/C16H17F2N5O/c1-11-9-22(6-7-23(11)12-2-4-19-5-3-12)16(24)14-8-13(15(17)18)20-10-21-14/h2-5,8,10-11,15H,6-7,9H2,1H3. The maximum Gasteiger partial charge on any atom is 0.280 e. The average Bonchev–Trinajstić information content (AvgIpc) is 2.62. The van der Waals surface area contributed by atoms with E-state index < -0.39 is 12.1 Å². The van der Waals surface area contributed by atoms with Crippen LogP contribution in [0.1, 0.15) is 29.5 Å². The molecular formula is C16H17F2N5O. The van der Waals surface area contributed by atoms with E-state index >= 15 is 0 Å². The van der Waals surface area contributed by atoms with Crippen LogP contribution in [-0.2, 0) is 0 Å². The van der Waals surface area contributed by atoms with E-state index in [1.54, 1.807) is 17.3 Å². The summed E-state index contributed by atoms with van der Waals surface area (Å²) in [6, 6.07) is 5.01. The van der Waals surface area contributed by atoms with Gasteiger partial charge in [0.25, 0.3) is 12.3 Å². The van der Waals surface area contributed by atoms with E-state index in [4.69, 9.17) is 0 Å². The van der Waals surface area contributed by atoms with Crippen molar-refractivity contribution >= 4 is 11.6 Å². The van der Waals surface area contributed by atoms with E-state index in [1.165, 1.54) is 0 Å². The van der Waals surface area contributed by atoms with Crippen molar-refractivity contribution < 1.29 is 13.6 Å². The van der Waals surface area contributed by atoms with Crippen molar-refractivity contribution in [3.63, 3.8) is 0 Å². The first-order chi connectivity index (χ1) is 11.6. The van der Waals surface area contributed by atoms with Crippen molar-refractivity contribution in [3.8, 4) is 0 Å². The zero-order valence-corrected chi connectivity index (χ0v) is 13.1. The third kappa shape index (κ3) is 3.32. The Morgan fingerprint density at radius 3 is 2.67 bits per heavy atom. The highest BCUT2D eigenvalue weighted by Gasteiger charge is 2.28. The highest BCUT2D eigenvalue weighted by Crippen LogP contribution is 2.21. The molecule has 0 radical (unpaired) electrons. The minimum absolute atomic E-state index is 0.00450. The second-order valence-electron chi connectivity index (χ2n) is 5.63. The Labute approximate surface area is 138 Å². The van der Waals surface area contributed by atoms with Crippen molar-refractivity contribution in [2.75, 3.05) is 24.5 Å². The van der Waals surface area contributed by atoms with Gasteiger partial charge in [-0.1, -0.05) is 0 Å². The molecule has 1 aliphatic heterocycles. The second kappa shape index (κ2) is 6.86. The van der Waals surface area contributed by atoms with Crippen molar-refractivity contribution in [1.29, 1.82) is 0 Å². The molecule has 3 heterocycles. The van der Waals surface area contributed by atoms with Crippen LogP contribution in [0.15, 0.2) is 36.9 Å². The number of piperazine rings is 1. The Balaban J connectivity index is 1.71. The smallest absolute Gasteiger partial charge is 0.280 e. The number of anilines is 1. The molecule has 0 saturated carbocycles. The molecule has 24 heavy (non-hydrogen) atoms. The predicted molar refractivity (Wildman–Crippen MR) is 83.9 cm³/mol. The van der Waals surface area contributed by atoms with Gasteiger partial charge < -0.3 is 9.80 Å². The van der Waals surface area contributed by atoms with E-state index in [1.807, 2.05) is 19.1 Å². The number of pyridine rings is 1. The van der Waals surface area contributed by atoms with Crippen LogP contribution in [0.2, 0.25) is 0 Å². The SMILES string of the molecule is CC1CN(C(=O)c2cc(C(F)F)ncn2)CCN1c1ccncc1. The highest BCUT2D eigenvalue weighted by molar-refractivity contribution is 5.92. The van der Waals surface area contributed by atoms with Crippen LogP contribution in [0.5, 0.6) is 0 Å². The Hall–Kier alpha value is -2.64. The number of carbonyl (C=O) groups excluding carboxylic acids is 1. The van der Waals surface area contributed by atoms with Gasteiger partial charge in [0.2, 0.25) is 0 Å². The summed E-state index contributed by atoms with van der Waals surface area (Å²) in [5.74, 6) is -0.347. The zero-order valence-electron chi connectivity index (χ0n) is 13.1. The normalized spacial score (nSPS) is 18.1. The lowest BCUT2D eigenvalue weighted by molar-refractivity contribution is 0.0719. The number of nitrogens with zero attached hydrogens (tertiary/aromatic N) is 5. The maximum absolute atomic E-state index is 12.7. The fourth-order valence-electron chi connectivity index (χ4n) is 2.83. The summed E-state index contributed by atoms with van der Waals surface area (Å²) in [6.45, 7) is 3.67. The molecule has 2 aromatic rings. The molecule has 0 aliphatic carbocycles. The molecule has 3 rings (SSSR count). The molecule has 1 saturated heterocycles. The summed E-state index contributed by atoms with van der Waals surface area (Å²) in [6.07, 6.45) is 1.74. The quantitative estimate of drug-likeness (QED) is 0.861. The Bertz CT molecular complexity index is 713. The number of hydrogen-bond acceptors (Lipinski definition) is 5. The van der Waals surface area contributed by atoms with Crippen LogP contribution >= 0.6 is 0 Å². The Kier molecular flexibility index (Phi) is 4.64. The number of aromatic nitrogens is 3. The van der Waals surface area contributed by atoms with Crippen LogP contribution in [0.25, 0.3) is 0 Å². The van der Waals surface area contributed by atoms with Gasteiger partial charge in [-0.25, -0.2) is 18.7 Å². The summed E-state index contributed by atoms with van der Waals surface area (Å²) in [4.78, 5) is 27.7. The van der Waals surface area contributed by atoms with Crippen LogP contribution in [0.4, 0.5) is 14.5 Å². The van der Waals surface area contributed by atoms with Gasteiger partial charge in [-0.2, -0.15) is 0 Å². The number of amides is 1. The fraction of sp³-hybridized carbons (Fsp3) is 0.375. The topological polar surface area (TPSA) is 62.2 Å². The first kappa shape index (κ1) is 16.2. The third-order valence-corrected chi connectivity index (χ3v) is 4.04. The van der Waals surface area contributed by atoms with Gasteiger partial charge in [0, 0.05) is 43.8 Å². The number of alkyl halides is 2. The van der Waals surface area contributed by atoms with Gasteiger partial charge in [0.05, 0.1) is 0 Å². The van der Waals surface area contributed by atoms with E-state index in [9.17, 15) is 13.6 Å². The molecule has 6 nitrogen and oxygen atoms in total. The fourth-order valence-corrected chi connectivity index (χ4v) is 2.83. The molecule has 2 aromatic heterocycles. The third-order valence-electron chi connectivity index (χ3n) is 4.04. The molecule has 1 aliphatic rings. The number of rotatable bonds is 3. The maximum atomic E-state index is 12.7.